The summed E-state index contributed by atoms with van der Waals surface area (Å²) in [5.74, 6) is -0.787. The van der Waals surface area contributed by atoms with Gasteiger partial charge in [0.2, 0.25) is 5.78 Å². The van der Waals surface area contributed by atoms with Crippen molar-refractivity contribution >= 4 is 11.7 Å². The van der Waals surface area contributed by atoms with E-state index in [9.17, 15) is 9.59 Å². The highest BCUT2D eigenvalue weighted by molar-refractivity contribution is 6.40. The minimum atomic E-state index is -0.341. The molecule has 0 aromatic rings. The number of hydrogen-bond donors (Lipinski definition) is 0. The maximum atomic E-state index is 11.6. The number of Topliss-reactive ketones (excluding diaryl/α,β-unsaturated/α-hetero) is 1. The third-order valence-corrected chi connectivity index (χ3v) is 2.82. The van der Waals surface area contributed by atoms with Crippen LogP contribution in [0.5, 0.6) is 0 Å². The summed E-state index contributed by atoms with van der Waals surface area (Å²) >= 11 is 0. The van der Waals surface area contributed by atoms with Gasteiger partial charge in [-0.1, -0.05) is 11.6 Å². The Morgan fingerprint density at radius 2 is 2.14 bits per heavy atom. The van der Waals surface area contributed by atoms with Gasteiger partial charge in [-0.3, -0.25) is 9.59 Å². The van der Waals surface area contributed by atoms with E-state index in [1.807, 2.05) is 26.0 Å². The number of nitrogens with zero attached hydrogens (tertiary/aromatic N) is 1. The maximum Gasteiger partial charge on any atom is 0.294 e. The predicted octanol–water partition coefficient (Wildman–Crippen LogP) is 1.27. The number of fused-ring (bicyclic) bond motifs is 1. The molecule has 2 aliphatic rings. The quantitative estimate of drug-likeness (QED) is 0.585. The summed E-state index contributed by atoms with van der Waals surface area (Å²) in [7, 11) is 0. The van der Waals surface area contributed by atoms with E-state index in [0.29, 0.717) is 13.0 Å². The van der Waals surface area contributed by atoms with Gasteiger partial charge in [-0.15, -0.1) is 0 Å². The number of hydrogen-bond acceptors (Lipinski definition) is 2. The van der Waals surface area contributed by atoms with E-state index in [1.165, 1.54) is 0 Å². The van der Waals surface area contributed by atoms with Crippen LogP contribution < -0.4 is 0 Å². The Morgan fingerprint density at radius 3 is 2.79 bits per heavy atom. The molecule has 14 heavy (non-hydrogen) atoms. The van der Waals surface area contributed by atoms with Crippen LogP contribution in [-0.2, 0) is 9.59 Å². The van der Waals surface area contributed by atoms with Gasteiger partial charge >= 0.3 is 0 Å². The Labute approximate surface area is 83.1 Å². The highest BCUT2D eigenvalue weighted by atomic mass is 16.2. The molecule has 0 N–H and O–H groups in total. The highest BCUT2D eigenvalue weighted by Gasteiger charge is 2.42. The summed E-state index contributed by atoms with van der Waals surface area (Å²) in [6.45, 7) is 4.46. The molecule has 3 nitrogen and oxygen atoms in total. The van der Waals surface area contributed by atoms with Crippen molar-refractivity contribution in [3.8, 4) is 0 Å². The molecule has 1 atom stereocenters. The van der Waals surface area contributed by atoms with Crippen LogP contribution in [0.3, 0.4) is 0 Å². The lowest BCUT2D eigenvalue weighted by atomic mass is 9.91. The van der Waals surface area contributed by atoms with Gasteiger partial charge in [0.05, 0.1) is 5.92 Å². The second-order valence-electron chi connectivity index (χ2n) is 3.77. The Balaban J connectivity index is 2.41. The van der Waals surface area contributed by atoms with E-state index in [2.05, 4.69) is 0 Å². The Hall–Kier alpha value is -1.38. The van der Waals surface area contributed by atoms with Gasteiger partial charge in [-0.25, -0.2) is 0 Å². The van der Waals surface area contributed by atoms with E-state index in [1.54, 1.807) is 4.90 Å². The molecular weight excluding hydrogens is 178 g/mol. The van der Waals surface area contributed by atoms with Crippen molar-refractivity contribution in [2.75, 3.05) is 6.54 Å². The van der Waals surface area contributed by atoms with E-state index < -0.39 is 0 Å². The Bertz CT molecular complexity index is 361. The van der Waals surface area contributed by atoms with E-state index in [-0.39, 0.29) is 17.6 Å². The van der Waals surface area contributed by atoms with Crippen molar-refractivity contribution < 1.29 is 9.59 Å². The van der Waals surface area contributed by atoms with Gasteiger partial charge in [0.15, 0.2) is 0 Å². The molecular formula is C11H13NO2. The van der Waals surface area contributed by atoms with Crippen molar-refractivity contribution in [1.29, 1.82) is 0 Å². The third kappa shape index (κ3) is 1.12. The van der Waals surface area contributed by atoms with Crippen LogP contribution in [-0.4, -0.2) is 23.1 Å². The van der Waals surface area contributed by atoms with E-state index >= 15 is 0 Å². The molecule has 0 radical (unpaired) electrons. The number of rotatable bonds is 1. The van der Waals surface area contributed by atoms with Crippen LogP contribution in [0.25, 0.3) is 0 Å². The average molecular weight is 191 g/mol. The van der Waals surface area contributed by atoms with Gasteiger partial charge in [-0.2, -0.15) is 0 Å². The first-order chi connectivity index (χ1) is 6.65. The van der Waals surface area contributed by atoms with Crippen molar-refractivity contribution in [3.63, 3.8) is 0 Å². The molecule has 74 valence electrons. The van der Waals surface area contributed by atoms with E-state index in [4.69, 9.17) is 0 Å². The van der Waals surface area contributed by atoms with Gasteiger partial charge in [0.1, 0.15) is 0 Å². The average Bonchev–Trinajstić information content (AvgIpc) is 2.41. The highest BCUT2D eigenvalue weighted by Crippen LogP contribution is 2.34. The zero-order valence-corrected chi connectivity index (χ0v) is 8.41. The summed E-state index contributed by atoms with van der Waals surface area (Å²) in [5, 5.41) is 0. The molecule has 0 saturated carbocycles. The van der Waals surface area contributed by atoms with E-state index in [0.717, 1.165) is 11.3 Å². The second kappa shape index (κ2) is 3.08. The fourth-order valence-corrected chi connectivity index (χ4v) is 2.07. The molecule has 1 amide bonds. The number of likely N-dealkylation sites (tertiary alicyclic amines) is 1. The first-order valence-corrected chi connectivity index (χ1v) is 4.88. The Morgan fingerprint density at radius 1 is 1.43 bits per heavy atom. The molecule has 1 heterocycles. The second-order valence-corrected chi connectivity index (χ2v) is 3.77. The van der Waals surface area contributed by atoms with Crippen LogP contribution in [0.15, 0.2) is 23.4 Å². The zero-order valence-electron chi connectivity index (χ0n) is 8.41. The monoisotopic (exact) mass is 191 g/mol. The standard InChI is InChI=1S/C11H13NO2/c1-3-12-9-5-4-7(2)6-8(9)10(13)11(12)14/h4-5,8H,3,6H2,1-2H3. The lowest BCUT2D eigenvalue weighted by Gasteiger charge is -2.19. The van der Waals surface area contributed by atoms with Gasteiger partial charge in [0, 0.05) is 12.2 Å². The SMILES string of the molecule is CCN1C(=O)C(=O)C2CC(C)=CC=C21. The zero-order chi connectivity index (χ0) is 10.3. The number of likely N-dealkylation sites (N-methyl/N-ethyl adjacent to an activating group) is 1. The fourth-order valence-electron chi connectivity index (χ4n) is 2.07. The molecule has 2 rings (SSSR count). The van der Waals surface area contributed by atoms with Gasteiger partial charge in [0.25, 0.3) is 5.91 Å². The molecule has 1 aliphatic carbocycles. The van der Waals surface area contributed by atoms with Crippen LogP contribution in [0.1, 0.15) is 20.3 Å². The van der Waals surface area contributed by atoms with Crippen molar-refractivity contribution in [1.82, 2.24) is 4.90 Å². The number of amides is 1. The van der Waals surface area contributed by atoms with Crippen LogP contribution >= 0.6 is 0 Å². The summed E-state index contributed by atoms with van der Waals surface area (Å²) in [6, 6.07) is 0. The minimum Gasteiger partial charge on any atom is -0.309 e. The summed E-state index contributed by atoms with van der Waals surface area (Å²) in [4.78, 5) is 24.7. The lowest BCUT2D eigenvalue weighted by molar-refractivity contribution is -0.140. The molecule has 1 unspecified atom stereocenters. The smallest absolute Gasteiger partial charge is 0.294 e. The van der Waals surface area contributed by atoms with Crippen LogP contribution in [0, 0.1) is 5.92 Å². The first-order valence-electron chi connectivity index (χ1n) is 4.88. The van der Waals surface area contributed by atoms with Crippen LogP contribution in [0.2, 0.25) is 0 Å². The topological polar surface area (TPSA) is 37.4 Å². The van der Waals surface area contributed by atoms with Crippen LogP contribution in [0.4, 0.5) is 0 Å². The summed E-state index contributed by atoms with van der Waals surface area (Å²) in [6.07, 6.45) is 4.59. The molecule has 0 aromatic carbocycles. The number of carbonyl (C=O) groups is 2. The molecule has 0 bridgehead atoms. The number of allylic oxidation sites excluding steroid dienone is 4. The van der Waals surface area contributed by atoms with Gasteiger partial charge in [-0.05, 0) is 26.3 Å². The lowest BCUT2D eigenvalue weighted by Crippen LogP contribution is -2.25. The third-order valence-electron chi connectivity index (χ3n) is 2.82. The molecule has 0 spiro atoms. The predicted molar refractivity (Wildman–Crippen MR) is 52.3 cm³/mol. The number of ketones is 1. The van der Waals surface area contributed by atoms with Crippen molar-refractivity contribution in [2.24, 2.45) is 5.92 Å². The normalized spacial score (nSPS) is 26.1. The first kappa shape index (κ1) is 9.19. The minimum absolute atomic E-state index is 0.201. The largest absolute Gasteiger partial charge is 0.309 e. The van der Waals surface area contributed by atoms with Gasteiger partial charge < -0.3 is 4.90 Å². The molecule has 1 fully saturated rings. The van der Waals surface area contributed by atoms with Crippen molar-refractivity contribution in [3.05, 3.63) is 23.4 Å². The summed E-state index contributed by atoms with van der Waals surface area (Å²) in [5.41, 5.74) is 2.05. The number of carbonyl (C=O) groups excluding carboxylic acids is 2. The molecule has 3 heteroatoms. The maximum absolute atomic E-state index is 11.6. The van der Waals surface area contributed by atoms with Crippen molar-refractivity contribution in [2.45, 2.75) is 20.3 Å². The summed E-state index contributed by atoms with van der Waals surface area (Å²) < 4.78 is 0. The molecule has 0 aromatic heterocycles. The molecule has 1 saturated heterocycles. The fraction of sp³-hybridized carbons (Fsp3) is 0.455. The molecule has 1 aliphatic heterocycles. The Kier molecular flexibility index (Phi) is 2.02.